The van der Waals surface area contributed by atoms with E-state index < -0.39 is 0 Å². The number of piperidine rings is 1. The molecule has 3 aliphatic heterocycles. The highest BCUT2D eigenvalue weighted by molar-refractivity contribution is 5.80. The second-order valence-electron chi connectivity index (χ2n) is 8.36. The van der Waals surface area contributed by atoms with Crippen LogP contribution in [-0.2, 0) is 9.53 Å². The summed E-state index contributed by atoms with van der Waals surface area (Å²) >= 11 is 0. The van der Waals surface area contributed by atoms with Crippen molar-refractivity contribution in [3.05, 3.63) is 0 Å². The molecular weight excluding hydrogens is 332 g/mol. The molecule has 0 atom stereocenters. The van der Waals surface area contributed by atoms with Gasteiger partial charge in [0.1, 0.15) is 0 Å². The van der Waals surface area contributed by atoms with Gasteiger partial charge in [-0.25, -0.2) is 4.79 Å². The van der Waals surface area contributed by atoms with Gasteiger partial charge in [0.25, 0.3) is 0 Å². The van der Waals surface area contributed by atoms with Crippen LogP contribution in [0, 0.1) is 5.92 Å². The first-order chi connectivity index (χ1) is 12.5. The summed E-state index contributed by atoms with van der Waals surface area (Å²) in [5.74, 6) is 0.401. The second-order valence-corrected chi connectivity index (χ2v) is 8.36. The lowest BCUT2D eigenvalue weighted by molar-refractivity contribution is -0.135. The zero-order chi connectivity index (χ0) is 18.6. The van der Waals surface area contributed by atoms with Gasteiger partial charge in [0.05, 0.1) is 13.2 Å². The fourth-order valence-corrected chi connectivity index (χ4v) is 4.21. The molecule has 3 amide bonds. The number of morpholine rings is 1. The molecular formula is C19H34N4O3. The highest BCUT2D eigenvalue weighted by atomic mass is 16.5. The van der Waals surface area contributed by atoms with E-state index >= 15 is 0 Å². The quantitative estimate of drug-likeness (QED) is 0.810. The lowest BCUT2D eigenvalue weighted by Crippen LogP contribution is -2.57. The summed E-state index contributed by atoms with van der Waals surface area (Å²) in [5.41, 5.74) is -0.0799. The number of likely N-dealkylation sites (tertiary alicyclic amines) is 2. The third kappa shape index (κ3) is 4.68. The predicted molar refractivity (Wildman–Crippen MR) is 100.0 cm³/mol. The van der Waals surface area contributed by atoms with E-state index in [4.69, 9.17) is 4.74 Å². The van der Waals surface area contributed by atoms with Crippen molar-refractivity contribution in [2.75, 3.05) is 59.0 Å². The van der Waals surface area contributed by atoms with Crippen molar-refractivity contribution in [3.8, 4) is 0 Å². The Kier molecular flexibility index (Phi) is 6.40. The van der Waals surface area contributed by atoms with Gasteiger partial charge in [0.2, 0.25) is 5.91 Å². The molecule has 26 heavy (non-hydrogen) atoms. The van der Waals surface area contributed by atoms with E-state index in [-0.39, 0.29) is 17.5 Å². The number of hydrogen-bond donors (Lipinski definition) is 1. The third-order valence-corrected chi connectivity index (χ3v) is 6.09. The molecule has 1 N–H and O–H groups in total. The van der Waals surface area contributed by atoms with Gasteiger partial charge in [0.15, 0.2) is 0 Å². The standard InChI is InChI=1S/C19H34N4O3/c1-19(2,23-11-13-26-14-12-23)15-20-18(25)22-9-5-16(6-10-22)17(24)21-7-3-4-8-21/h16H,3-15H2,1-2H3,(H,20,25). The SMILES string of the molecule is CC(C)(CNC(=O)N1CCC(C(=O)N2CCCC2)CC1)N1CCOCC1. The summed E-state index contributed by atoms with van der Waals surface area (Å²) in [6, 6.07) is -0.00148. The smallest absolute Gasteiger partial charge is 0.317 e. The Hall–Kier alpha value is -1.34. The normalized spacial score (nSPS) is 23.3. The molecule has 3 heterocycles. The van der Waals surface area contributed by atoms with E-state index in [1.807, 2.05) is 9.80 Å². The largest absolute Gasteiger partial charge is 0.379 e. The Balaban J connectivity index is 1.41. The maximum Gasteiger partial charge on any atom is 0.317 e. The van der Waals surface area contributed by atoms with Gasteiger partial charge in [-0.05, 0) is 39.5 Å². The minimum absolute atomic E-state index is 0.00148. The van der Waals surface area contributed by atoms with E-state index in [1.54, 1.807) is 0 Å². The molecule has 0 radical (unpaired) electrons. The zero-order valence-electron chi connectivity index (χ0n) is 16.3. The number of nitrogens with one attached hydrogen (secondary N) is 1. The Bertz CT molecular complexity index is 491. The molecule has 3 aliphatic rings. The number of ether oxygens (including phenoxy) is 1. The van der Waals surface area contributed by atoms with E-state index in [2.05, 4.69) is 24.1 Å². The van der Waals surface area contributed by atoms with Crippen molar-refractivity contribution in [2.45, 2.75) is 45.1 Å². The number of rotatable bonds is 4. The van der Waals surface area contributed by atoms with Gasteiger partial charge >= 0.3 is 6.03 Å². The molecule has 3 fully saturated rings. The van der Waals surface area contributed by atoms with Crippen LogP contribution in [0.15, 0.2) is 0 Å². The van der Waals surface area contributed by atoms with Gasteiger partial charge in [-0.1, -0.05) is 0 Å². The topological polar surface area (TPSA) is 65.1 Å². The summed E-state index contributed by atoms with van der Waals surface area (Å²) < 4.78 is 5.41. The molecule has 0 aromatic carbocycles. The Morgan fingerprint density at radius 2 is 1.58 bits per heavy atom. The van der Waals surface area contributed by atoms with Gasteiger partial charge < -0.3 is 19.9 Å². The monoisotopic (exact) mass is 366 g/mol. The molecule has 3 saturated heterocycles. The maximum atomic E-state index is 12.5. The minimum Gasteiger partial charge on any atom is -0.379 e. The van der Waals surface area contributed by atoms with Crippen LogP contribution in [0.5, 0.6) is 0 Å². The average Bonchev–Trinajstić information content (AvgIpc) is 3.21. The van der Waals surface area contributed by atoms with Crippen molar-refractivity contribution in [2.24, 2.45) is 5.92 Å². The van der Waals surface area contributed by atoms with Crippen molar-refractivity contribution in [1.82, 2.24) is 20.0 Å². The first-order valence-corrected chi connectivity index (χ1v) is 10.1. The minimum atomic E-state index is -0.0799. The Morgan fingerprint density at radius 1 is 0.962 bits per heavy atom. The van der Waals surface area contributed by atoms with Crippen LogP contribution in [-0.4, -0.2) is 91.2 Å². The van der Waals surface area contributed by atoms with Crippen molar-refractivity contribution >= 4 is 11.9 Å². The fourth-order valence-electron chi connectivity index (χ4n) is 4.21. The molecule has 7 heteroatoms. The van der Waals surface area contributed by atoms with Crippen LogP contribution < -0.4 is 5.32 Å². The fraction of sp³-hybridized carbons (Fsp3) is 0.895. The highest BCUT2D eigenvalue weighted by Gasteiger charge is 2.33. The molecule has 0 spiro atoms. The molecule has 0 unspecified atom stereocenters. The van der Waals surface area contributed by atoms with Crippen LogP contribution in [0.1, 0.15) is 39.5 Å². The summed E-state index contributed by atoms with van der Waals surface area (Å²) in [6.07, 6.45) is 3.84. The van der Waals surface area contributed by atoms with E-state index in [0.717, 1.165) is 65.1 Å². The summed E-state index contributed by atoms with van der Waals surface area (Å²) in [7, 11) is 0. The number of carbonyl (C=O) groups is 2. The molecule has 7 nitrogen and oxygen atoms in total. The molecule has 0 bridgehead atoms. The zero-order valence-corrected chi connectivity index (χ0v) is 16.3. The number of amides is 3. The van der Waals surface area contributed by atoms with E-state index in [9.17, 15) is 9.59 Å². The number of urea groups is 1. The van der Waals surface area contributed by atoms with Gasteiger partial charge in [-0.2, -0.15) is 0 Å². The predicted octanol–water partition coefficient (Wildman–Crippen LogP) is 1.14. The lowest BCUT2D eigenvalue weighted by Gasteiger charge is -2.41. The first-order valence-electron chi connectivity index (χ1n) is 10.1. The van der Waals surface area contributed by atoms with Crippen LogP contribution in [0.25, 0.3) is 0 Å². The van der Waals surface area contributed by atoms with Gasteiger partial charge in [0, 0.05) is 57.3 Å². The molecule has 0 saturated carbocycles. The average molecular weight is 367 g/mol. The number of carbonyl (C=O) groups excluding carboxylic acids is 2. The van der Waals surface area contributed by atoms with Crippen molar-refractivity contribution in [3.63, 3.8) is 0 Å². The number of nitrogens with zero attached hydrogens (tertiary/aromatic N) is 3. The molecule has 0 aliphatic carbocycles. The Morgan fingerprint density at radius 3 is 2.19 bits per heavy atom. The molecule has 3 rings (SSSR count). The lowest BCUT2D eigenvalue weighted by atomic mass is 9.95. The number of hydrogen-bond acceptors (Lipinski definition) is 4. The van der Waals surface area contributed by atoms with Gasteiger partial charge in [-0.3, -0.25) is 9.69 Å². The van der Waals surface area contributed by atoms with E-state index in [1.165, 1.54) is 0 Å². The van der Waals surface area contributed by atoms with Gasteiger partial charge in [-0.15, -0.1) is 0 Å². The summed E-state index contributed by atoms with van der Waals surface area (Å²) in [5, 5.41) is 3.10. The third-order valence-electron chi connectivity index (χ3n) is 6.09. The van der Waals surface area contributed by atoms with Crippen molar-refractivity contribution < 1.29 is 14.3 Å². The van der Waals surface area contributed by atoms with Crippen LogP contribution in [0.2, 0.25) is 0 Å². The Labute approximate surface area is 157 Å². The summed E-state index contributed by atoms with van der Waals surface area (Å²) in [6.45, 7) is 11.5. The van der Waals surface area contributed by atoms with Crippen molar-refractivity contribution in [1.29, 1.82) is 0 Å². The maximum absolute atomic E-state index is 12.5. The van der Waals surface area contributed by atoms with Crippen LogP contribution in [0.3, 0.4) is 0 Å². The first kappa shape index (κ1) is 19.4. The van der Waals surface area contributed by atoms with Crippen LogP contribution >= 0.6 is 0 Å². The van der Waals surface area contributed by atoms with Crippen LogP contribution in [0.4, 0.5) is 4.79 Å². The highest BCUT2D eigenvalue weighted by Crippen LogP contribution is 2.22. The molecule has 148 valence electrons. The second kappa shape index (κ2) is 8.57. The van der Waals surface area contributed by atoms with E-state index in [0.29, 0.717) is 25.5 Å². The molecule has 0 aromatic rings. The summed E-state index contributed by atoms with van der Waals surface area (Å²) in [4.78, 5) is 31.3. The molecule has 0 aromatic heterocycles.